The van der Waals surface area contributed by atoms with Crippen LogP contribution in [0.3, 0.4) is 0 Å². The van der Waals surface area contributed by atoms with Crippen molar-refractivity contribution in [3.8, 4) is 0 Å². The molecular weight excluding hydrogens is 516 g/mol. The van der Waals surface area contributed by atoms with E-state index in [4.69, 9.17) is 28.4 Å². The lowest BCUT2D eigenvalue weighted by Gasteiger charge is -2.47. The quantitative estimate of drug-likeness (QED) is 0.249. The molecule has 2 aliphatic heterocycles. The van der Waals surface area contributed by atoms with Crippen molar-refractivity contribution in [1.29, 1.82) is 0 Å². The van der Waals surface area contributed by atoms with Crippen LogP contribution in [0, 0.1) is 0 Å². The minimum absolute atomic E-state index is 0.194. The van der Waals surface area contributed by atoms with Gasteiger partial charge in [-0.05, 0) is 12.8 Å². The largest absolute Gasteiger partial charge is 0.439 e. The molecule has 1 aromatic rings. The fraction of sp³-hybridized carbons (Fsp3) is 0.733. The van der Waals surface area contributed by atoms with E-state index in [0.717, 1.165) is 56.9 Å². The second-order valence-corrected chi connectivity index (χ2v) is 10.4. The summed E-state index contributed by atoms with van der Waals surface area (Å²) < 4.78 is 35.5. The van der Waals surface area contributed by atoms with Gasteiger partial charge in [0.15, 0.2) is 24.8 Å². The molecule has 226 valence electrons. The van der Waals surface area contributed by atoms with Crippen LogP contribution in [0.25, 0.3) is 0 Å². The number of hydrogen-bond donors (Lipinski definition) is 2. The fourth-order valence-electron chi connectivity index (χ4n) is 4.94. The first-order valence-electron chi connectivity index (χ1n) is 15.0. The van der Waals surface area contributed by atoms with E-state index in [1.807, 2.05) is 30.3 Å². The summed E-state index contributed by atoms with van der Waals surface area (Å²) in [5.74, 6) is 0. The first-order valence-corrected chi connectivity index (χ1v) is 15.0. The number of benzene rings is 1. The van der Waals surface area contributed by atoms with Gasteiger partial charge in [-0.25, -0.2) is 9.59 Å². The van der Waals surface area contributed by atoms with E-state index < -0.39 is 49.2 Å². The summed E-state index contributed by atoms with van der Waals surface area (Å²) in [6.07, 6.45) is 4.47. The van der Waals surface area contributed by atoms with Crippen LogP contribution in [0.4, 0.5) is 9.59 Å². The minimum atomic E-state index is -1.05. The van der Waals surface area contributed by atoms with Gasteiger partial charge in [-0.3, -0.25) is 0 Å². The Labute approximate surface area is 238 Å². The van der Waals surface area contributed by atoms with E-state index in [1.54, 1.807) is 0 Å². The summed E-state index contributed by atoms with van der Waals surface area (Å²) in [7, 11) is 1.46. The highest BCUT2D eigenvalue weighted by Gasteiger charge is 2.54. The molecule has 0 bridgehead atoms. The van der Waals surface area contributed by atoms with Crippen LogP contribution in [0.1, 0.15) is 89.9 Å². The number of methoxy groups -OCH3 is 1. The van der Waals surface area contributed by atoms with Crippen molar-refractivity contribution in [1.82, 2.24) is 10.6 Å². The standard InChI is InChI=1S/C30H48N2O8/c1-4-6-8-10-15-19-31-29(33)39-25-24-23(21-36-27(38-24)22-17-13-12-14-18-22)37-28(35-3)26(25)40-30(34)32-20-16-11-9-7-5-2/h12-14,17-18,23-28H,4-11,15-16,19-21H2,1-3H3,(H,31,33)(H,32,34)/t23-,24-,25+,26-,27?,28+/m1/s1. The summed E-state index contributed by atoms with van der Waals surface area (Å²) in [6, 6.07) is 9.50. The van der Waals surface area contributed by atoms with E-state index >= 15 is 0 Å². The molecule has 2 aliphatic rings. The topological polar surface area (TPSA) is 114 Å². The highest BCUT2D eigenvalue weighted by atomic mass is 16.8. The summed E-state index contributed by atoms with van der Waals surface area (Å²) in [5.41, 5.74) is 0.823. The number of rotatable bonds is 16. The number of fused-ring (bicyclic) bond motifs is 1. The molecule has 0 aromatic heterocycles. The van der Waals surface area contributed by atoms with Crippen molar-refractivity contribution < 1.29 is 38.0 Å². The van der Waals surface area contributed by atoms with E-state index in [9.17, 15) is 9.59 Å². The van der Waals surface area contributed by atoms with Crippen molar-refractivity contribution in [3.05, 3.63) is 35.9 Å². The highest BCUT2D eigenvalue weighted by molar-refractivity contribution is 5.68. The van der Waals surface area contributed by atoms with Crippen LogP contribution in [-0.4, -0.2) is 69.7 Å². The van der Waals surface area contributed by atoms with Crippen LogP contribution in [0.2, 0.25) is 0 Å². The molecule has 0 aliphatic carbocycles. The van der Waals surface area contributed by atoms with Crippen LogP contribution < -0.4 is 10.6 Å². The zero-order chi connectivity index (χ0) is 28.6. The molecule has 10 heteroatoms. The van der Waals surface area contributed by atoms with Crippen molar-refractivity contribution in [2.24, 2.45) is 0 Å². The molecule has 6 atom stereocenters. The highest BCUT2D eigenvalue weighted by Crippen LogP contribution is 2.36. The maximum absolute atomic E-state index is 12.9. The Morgan fingerprint density at radius 1 is 0.800 bits per heavy atom. The molecule has 10 nitrogen and oxygen atoms in total. The number of carbonyl (C=O) groups is 2. The molecule has 2 amide bonds. The third-order valence-corrected chi connectivity index (χ3v) is 7.17. The number of nitrogens with one attached hydrogen (secondary N) is 2. The number of alkyl carbamates (subject to hydrolysis) is 2. The molecule has 3 rings (SSSR count). The summed E-state index contributed by atoms with van der Waals surface area (Å²) >= 11 is 0. The maximum atomic E-state index is 12.9. The summed E-state index contributed by atoms with van der Waals surface area (Å²) in [5, 5.41) is 5.62. The first-order chi connectivity index (χ1) is 19.6. The maximum Gasteiger partial charge on any atom is 0.407 e. The number of carbonyl (C=O) groups excluding carboxylic acids is 2. The number of ether oxygens (including phenoxy) is 6. The van der Waals surface area contributed by atoms with E-state index in [1.165, 1.54) is 20.0 Å². The Bertz CT molecular complexity index is 857. The molecule has 40 heavy (non-hydrogen) atoms. The Hall–Kier alpha value is -2.40. The van der Waals surface area contributed by atoms with E-state index in [0.29, 0.717) is 13.1 Å². The van der Waals surface area contributed by atoms with Gasteiger partial charge in [-0.2, -0.15) is 0 Å². The molecular formula is C30H48N2O8. The monoisotopic (exact) mass is 564 g/mol. The van der Waals surface area contributed by atoms with Gasteiger partial charge in [-0.1, -0.05) is 95.5 Å². The van der Waals surface area contributed by atoms with Crippen LogP contribution in [0.5, 0.6) is 0 Å². The second kappa shape index (κ2) is 18.1. The lowest BCUT2D eigenvalue weighted by molar-refractivity contribution is -0.356. The normalized spacial score (nSPS) is 26.0. The van der Waals surface area contributed by atoms with Crippen molar-refractivity contribution in [2.45, 2.75) is 115 Å². The number of amides is 2. The molecule has 1 unspecified atom stereocenters. The lowest BCUT2D eigenvalue weighted by Crippen LogP contribution is -2.64. The fourth-order valence-corrected chi connectivity index (χ4v) is 4.94. The van der Waals surface area contributed by atoms with Gasteiger partial charge < -0.3 is 39.1 Å². The van der Waals surface area contributed by atoms with Gasteiger partial charge in [-0.15, -0.1) is 0 Å². The average molecular weight is 565 g/mol. The van der Waals surface area contributed by atoms with Gasteiger partial charge in [0, 0.05) is 25.8 Å². The molecule has 2 heterocycles. The summed E-state index contributed by atoms with van der Waals surface area (Å²) in [6.45, 7) is 5.50. The zero-order valence-electron chi connectivity index (χ0n) is 24.3. The van der Waals surface area contributed by atoms with Crippen molar-refractivity contribution in [3.63, 3.8) is 0 Å². The number of unbranched alkanes of at least 4 members (excludes halogenated alkanes) is 8. The molecule has 0 radical (unpaired) electrons. The van der Waals surface area contributed by atoms with Gasteiger partial charge in [0.25, 0.3) is 0 Å². The first kappa shape index (κ1) is 32.1. The molecule has 2 saturated heterocycles. The SMILES string of the molecule is CCCCCCCNC(=O)O[C@@H]1[C@@H](OC(=O)NCCCCCCC)[C@@H](OC)O[C@@H]2COC(c3ccccc3)O[C@@H]12. The minimum Gasteiger partial charge on any atom is -0.439 e. The molecule has 2 N–H and O–H groups in total. The van der Waals surface area contributed by atoms with E-state index in [2.05, 4.69) is 24.5 Å². The Morgan fingerprint density at radius 2 is 1.38 bits per heavy atom. The molecule has 0 spiro atoms. The molecule has 1 aromatic carbocycles. The Balaban J connectivity index is 1.67. The van der Waals surface area contributed by atoms with Gasteiger partial charge in [0.1, 0.15) is 12.2 Å². The molecule has 2 fully saturated rings. The van der Waals surface area contributed by atoms with Crippen LogP contribution >= 0.6 is 0 Å². The molecule has 0 saturated carbocycles. The Kier molecular flexibility index (Phi) is 14.5. The second-order valence-electron chi connectivity index (χ2n) is 10.4. The predicted molar refractivity (Wildman–Crippen MR) is 150 cm³/mol. The van der Waals surface area contributed by atoms with Crippen molar-refractivity contribution in [2.75, 3.05) is 26.8 Å². The smallest absolute Gasteiger partial charge is 0.407 e. The van der Waals surface area contributed by atoms with Gasteiger partial charge in [0.2, 0.25) is 0 Å². The van der Waals surface area contributed by atoms with E-state index in [-0.39, 0.29) is 6.61 Å². The predicted octanol–water partition coefficient (Wildman–Crippen LogP) is 5.60. The number of hydrogen-bond acceptors (Lipinski definition) is 8. The lowest BCUT2D eigenvalue weighted by atomic mass is 9.97. The van der Waals surface area contributed by atoms with Crippen LogP contribution in [-0.2, 0) is 28.4 Å². The third-order valence-electron chi connectivity index (χ3n) is 7.17. The average Bonchev–Trinajstić information content (AvgIpc) is 2.97. The van der Waals surface area contributed by atoms with Gasteiger partial charge in [0.05, 0.1) is 6.61 Å². The van der Waals surface area contributed by atoms with Crippen LogP contribution in [0.15, 0.2) is 30.3 Å². The third kappa shape index (κ3) is 10.2. The Morgan fingerprint density at radius 3 is 1.95 bits per heavy atom. The summed E-state index contributed by atoms with van der Waals surface area (Å²) in [4.78, 5) is 25.7. The van der Waals surface area contributed by atoms with Crippen molar-refractivity contribution >= 4 is 12.2 Å². The van der Waals surface area contributed by atoms with Gasteiger partial charge >= 0.3 is 12.2 Å². The zero-order valence-corrected chi connectivity index (χ0v) is 24.3.